The summed E-state index contributed by atoms with van der Waals surface area (Å²) in [6.45, 7) is 7.43. The lowest BCUT2D eigenvalue weighted by Crippen LogP contribution is -2.25. The molecule has 0 spiro atoms. The maximum absolute atomic E-state index is 5.74. The van der Waals surface area contributed by atoms with Crippen LogP contribution in [0.5, 0.6) is 5.75 Å². The zero-order chi connectivity index (χ0) is 15.7. The molecule has 0 saturated carbocycles. The second-order valence-corrected chi connectivity index (χ2v) is 6.50. The average molecular weight is 356 g/mol. The first-order chi connectivity index (χ1) is 10.2. The van der Waals surface area contributed by atoms with E-state index in [0.29, 0.717) is 12.0 Å². The smallest absolute Gasteiger partial charge is 0.133 e. The van der Waals surface area contributed by atoms with Crippen LogP contribution in [0.1, 0.15) is 64.5 Å². The number of nitrogens with one attached hydrogen (secondary N) is 1. The molecule has 0 amide bonds. The van der Waals surface area contributed by atoms with Crippen molar-refractivity contribution in [2.75, 3.05) is 13.7 Å². The van der Waals surface area contributed by atoms with Crippen LogP contribution in [0, 0.1) is 5.92 Å². The Kier molecular flexibility index (Phi) is 9.02. The Hall–Kier alpha value is -0.540. The van der Waals surface area contributed by atoms with Crippen molar-refractivity contribution in [1.29, 1.82) is 0 Å². The Balaban J connectivity index is 2.91. The van der Waals surface area contributed by atoms with Gasteiger partial charge in [-0.1, -0.05) is 39.7 Å². The van der Waals surface area contributed by atoms with E-state index in [1.165, 1.54) is 31.2 Å². The van der Waals surface area contributed by atoms with E-state index < -0.39 is 0 Å². The minimum atomic E-state index is 0.418. The summed E-state index contributed by atoms with van der Waals surface area (Å²) in [5.74, 6) is 1.64. The topological polar surface area (TPSA) is 21.3 Å². The van der Waals surface area contributed by atoms with Gasteiger partial charge in [0.2, 0.25) is 0 Å². The molecule has 0 aliphatic carbocycles. The molecular formula is C18H30BrNO. The van der Waals surface area contributed by atoms with Crippen molar-refractivity contribution in [3.8, 4) is 5.75 Å². The highest BCUT2D eigenvalue weighted by Gasteiger charge is 2.21. The van der Waals surface area contributed by atoms with E-state index in [-0.39, 0.29) is 0 Å². The Bertz CT molecular complexity index is 402. The summed E-state index contributed by atoms with van der Waals surface area (Å²) < 4.78 is 6.80. The van der Waals surface area contributed by atoms with Crippen LogP contribution in [-0.2, 0) is 0 Å². The minimum Gasteiger partial charge on any atom is -0.492 e. The van der Waals surface area contributed by atoms with E-state index in [0.717, 1.165) is 23.2 Å². The molecule has 1 aromatic rings. The molecule has 3 heteroatoms. The molecule has 21 heavy (non-hydrogen) atoms. The third kappa shape index (κ3) is 5.63. The van der Waals surface area contributed by atoms with Crippen LogP contribution in [0.25, 0.3) is 0 Å². The highest BCUT2D eigenvalue weighted by molar-refractivity contribution is 9.10. The molecule has 2 nitrogen and oxygen atoms in total. The number of hydrogen-bond acceptors (Lipinski definition) is 2. The molecule has 1 atom stereocenters. The highest BCUT2D eigenvalue weighted by Crippen LogP contribution is 2.34. The van der Waals surface area contributed by atoms with Crippen molar-refractivity contribution in [2.24, 2.45) is 5.92 Å². The summed E-state index contributed by atoms with van der Waals surface area (Å²) >= 11 is 3.65. The van der Waals surface area contributed by atoms with Crippen molar-refractivity contribution in [1.82, 2.24) is 5.32 Å². The average Bonchev–Trinajstić information content (AvgIpc) is 2.47. The Morgan fingerprint density at radius 3 is 2.24 bits per heavy atom. The van der Waals surface area contributed by atoms with Gasteiger partial charge in [-0.15, -0.1) is 0 Å². The maximum atomic E-state index is 5.74. The first kappa shape index (κ1) is 18.5. The number of halogens is 1. The van der Waals surface area contributed by atoms with E-state index in [4.69, 9.17) is 4.74 Å². The largest absolute Gasteiger partial charge is 0.492 e. The van der Waals surface area contributed by atoms with Crippen molar-refractivity contribution >= 4 is 15.9 Å². The van der Waals surface area contributed by atoms with Crippen molar-refractivity contribution in [3.63, 3.8) is 0 Å². The van der Waals surface area contributed by atoms with Crippen molar-refractivity contribution in [2.45, 2.75) is 58.9 Å². The summed E-state index contributed by atoms with van der Waals surface area (Å²) in [6.07, 6.45) is 6.04. The van der Waals surface area contributed by atoms with Gasteiger partial charge in [0.1, 0.15) is 5.75 Å². The van der Waals surface area contributed by atoms with E-state index in [2.05, 4.69) is 67.3 Å². The number of ether oxygens (including phenoxy) is 1. The SMILES string of the molecule is CCCOc1ccc(C(NC)C(CCC)CCC)cc1Br. The monoisotopic (exact) mass is 355 g/mol. The van der Waals surface area contributed by atoms with Gasteiger partial charge in [-0.05, 0) is 65.9 Å². The predicted octanol–water partition coefficient (Wildman–Crippen LogP) is 5.71. The first-order valence-electron chi connectivity index (χ1n) is 8.27. The minimum absolute atomic E-state index is 0.418. The van der Waals surface area contributed by atoms with Gasteiger partial charge in [-0.3, -0.25) is 0 Å². The molecule has 0 saturated heterocycles. The molecule has 1 N–H and O–H groups in total. The summed E-state index contributed by atoms with van der Waals surface area (Å²) in [7, 11) is 2.07. The molecule has 120 valence electrons. The number of hydrogen-bond donors (Lipinski definition) is 1. The van der Waals surface area contributed by atoms with Crippen LogP contribution in [0.2, 0.25) is 0 Å². The summed E-state index contributed by atoms with van der Waals surface area (Å²) in [4.78, 5) is 0. The zero-order valence-corrected chi connectivity index (χ0v) is 15.5. The van der Waals surface area contributed by atoms with E-state index >= 15 is 0 Å². The normalized spacial score (nSPS) is 12.7. The molecule has 1 unspecified atom stereocenters. The van der Waals surface area contributed by atoms with Gasteiger partial charge in [-0.25, -0.2) is 0 Å². The fraction of sp³-hybridized carbons (Fsp3) is 0.667. The van der Waals surface area contributed by atoms with Crippen LogP contribution < -0.4 is 10.1 Å². The molecule has 0 fully saturated rings. The molecule has 0 heterocycles. The fourth-order valence-electron chi connectivity index (χ4n) is 2.93. The molecule has 0 aliphatic rings. The van der Waals surface area contributed by atoms with Gasteiger partial charge in [0.25, 0.3) is 0 Å². The second kappa shape index (κ2) is 10.2. The van der Waals surface area contributed by atoms with Crippen LogP contribution in [0.3, 0.4) is 0 Å². The van der Waals surface area contributed by atoms with E-state index in [1.807, 2.05) is 0 Å². The van der Waals surface area contributed by atoms with Gasteiger partial charge in [0, 0.05) is 6.04 Å². The highest BCUT2D eigenvalue weighted by atomic mass is 79.9. The molecule has 1 aromatic carbocycles. The van der Waals surface area contributed by atoms with Gasteiger partial charge >= 0.3 is 0 Å². The van der Waals surface area contributed by atoms with Gasteiger partial charge < -0.3 is 10.1 Å². The zero-order valence-electron chi connectivity index (χ0n) is 13.9. The maximum Gasteiger partial charge on any atom is 0.133 e. The summed E-state index contributed by atoms with van der Waals surface area (Å²) in [5, 5.41) is 3.52. The lowest BCUT2D eigenvalue weighted by atomic mass is 9.86. The molecule has 0 radical (unpaired) electrons. The Morgan fingerprint density at radius 2 is 1.76 bits per heavy atom. The lowest BCUT2D eigenvalue weighted by molar-refractivity contribution is 0.313. The quantitative estimate of drug-likeness (QED) is 0.579. The third-order valence-electron chi connectivity index (χ3n) is 3.88. The van der Waals surface area contributed by atoms with E-state index in [9.17, 15) is 0 Å². The van der Waals surface area contributed by atoms with Crippen molar-refractivity contribution < 1.29 is 4.74 Å². The molecule has 0 bridgehead atoms. The summed E-state index contributed by atoms with van der Waals surface area (Å²) in [5.41, 5.74) is 1.35. The second-order valence-electron chi connectivity index (χ2n) is 5.64. The van der Waals surface area contributed by atoms with Crippen LogP contribution >= 0.6 is 15.9 Å². The first-order valence-corrected chi connectivity index (χ1v) is 9.06. The van der Waals surface area contributed by atoms with Gasteiger partial charge in [0.05, 0.1) is 11.1 Å². The van der Waals surface area contributed by atoms with Crippen LogP contribution in [-0.4, -0.2) is 13.7 Å². The fourth-order valence-corrected chi connectivity index (χ4v) is 3.44. The summed E-state index contributed by atoms with van der Waals surface area (Å²) in [6, 6.07) is 6.93. The van der Waals surface area contributed by atoms with Gasteiger partial charge in [-0.2, -0.15) is 0 Å². The molecule has 0 aliphatic heterocycles. The predicted molar refractivity (Wildman–Crippen MR) is 95.0 cm³/mol. The number of benzene rings is 1. The van der Waals surface area contributed by atoms with Gasteiger partial charge in [0.15, 0.2) is 0 Å². The third-order valence-corrected chi connectivity index (χ3v) is 4.50. The lowest BCUT2D eigenvalue weighted by Gasteiger charge is -2.27. The molecule has 1 rings (SSSR count). The Labute approximate surface area is 138 Å². The van der Waals surface area contributed by atoms with E-state index in [1.54, 1.807) is 0 Å². The number of rotatable bonds is 10. The van der Waals surface area contributed by atoms with Crippen molar-refractivity contribution in [3.05, 3.63) is 28.2 Å². The standard InChI is InChI=1S/C18H30BrNO/c1-5-8-14(9-6-2)18(20-4)15-10-11-17(16(19)13-15)21-12-7-3/h10-11,13-14,18,20H,5-9,12H2,1-4H3. The molecular weight excluding hydrogens is 326 g/mol. The van der Waals surface area contributed by atoms with Crippen LogP contribution in [0.4, 0.5) is 0 Å². The Morgan fingerprint density at radius 1 is 1.10 bits per heavy atom. The van der Waals surface area contributed by atoms with Crippen LogP contribution in [0.15, 0.2) is 22.7 Å². The molecule has 0 aromatic heterocycles.